The fourth-order valence-corrected chi connectivity index (χ4v) is 2.61. The molecule has 84 valence electrons. The van der Waals surface area contributed by atoms with Gasteiger partial charge < -0.3 is 4.74 Å². The number of hydrogen-bond acceptors (Lipinski definition) is 3. The number of methoxy groups -OCH3 is 1. The second kappa shape index (κ2) is 6.38. The number of nitrogens with one attached hydrogen (secondary N) is 1. The van der Waals surface area contributed by atoms with Gasteiger partial charge >= 0.3 is 0 Å². The van der Waals surface area contributed by atoms with Gasteiger partial charge in [-0.25, -0.2) is 0 Å². The molecule has 0 saturated heterocycles. The zero-order valence-corrected chi connectivity index (χ0v) is 9.46. The molecule has 0 aromatic rings. The lowest BCUT2D eigenvalue weighted by molar-refractivity contribution is 0.0368. The largest absolute Gasteiger partial charge is 0.380 e. The second-order valence-electron chi connectivity index (χ2n) is 4.27. The number of rotatable bonds is 5. The van der Waals surface area contributed by atoms with Gasteiger partial charge in [-0.05, 0) is 25.2 Å². The molecule has 0 aromatic heterocycles. The molecule has 2 atom stereocenters. The highest BCUT2D eigenvalue weighted by Gasteiger charge is 2.28. The molecule has 0 aromatic carbocycles. The molecular formula is C11H24N2O. The first-order chi connectivity index (χ1) is 6.83. The third kappa shape index (κ3) is 2.94. The molecule has 0 aliphatic heterocycles. The SMILES string of the molecule is CCC(OC)C(NN)C1CCCCC1. The lowest BCUT2D eigenvalue weighted by atomic mass is 9.81. The van der Waals surface area contributed by atoms with Crippen molar-refractivity contribution in [3.8, 4) is 0 Å². The predicted octanol–water partition coefficient (Wildman–Crippen LogP) is 1.82. The van der Waals surface area contributed by atoms with Crippen molar-refractivity contribution in [3.05, 3.63) is 0 Å². The molecular weight excluding hydrogens is 176 g/mol. The van der Waals surface area contributed by atoms with Crippen LogP contribution in [-0.2, 0) is 4.74 Å². The van der Waals surface area contributed by atoms with Gasteiger partial charge in [-0.2, -0.15) is 0 Å². The first kappa shape index (κ1) is 12.0. The standard InChI is InChI=1S/C11H24N2O/c1-3-10(14-2)11(13-12)9-7-5-4-6-8-9/h9-11,13H,3-8,12H2,1-2H3. The number of hydrogen-bond donors (Lipinski definition) is 2. The number of ether oxygens (including phenoxy) is 1. The summed E-state index contributed by atoms with van der Waals surface area (Å²) in [6.07, 6.45) is 7.98. The van der Waals surface area contributed by atoms with E-state index in [-0.39, 0.29) is 6.10 Å². The molecule has 1 saturated carbocycles. The maximum Gasteiger partial charge on any atom is 0.0737 e. The van der Waals surface area contributed by atoms with Gasteiger partial charge in [-0.15, -0.1) is 0 Å². The van der Waals surface area contributed by atoms with E-state index >= 15 is 0 Å². The van der Waals surface area contributed by atoms with Crippen LogP contribution in [0.15, 0.2) is 0 Å². The van der Waals surface area contributed by atoms with Crippen molar-refractivity contribution >= 4 is 0 Å². The van der Waals surface area contributed by atoms with Gasteiger partial charge in [0.05, 0.1) is 12.1 Å². The third-order valence-corrected chi connectivity index (χ3v) is 3.46. The van der Waals surface area contributed by atoms with Gasteiger partial charge in [-0.1, -0.05) is 26.2 Å². The Kier molecular flexibility index (Phi) is 5.45. The van der Waals surface area contributed by atoms with Crippen LogP contribution in [-0.4, -0.2) is 19.3 Å². The molecule has 0 heterocycles. The molecule has 0 amide bonds. The van der Waals surface area contributed by atoms with Gasteiger partial charge in [0.2, 0.25) is 0 Å². The molecule has 1 aliphatic rings. The van der Waals surface area contributed by atoms with Gasteiger partial charge in [0.1, 0.15) is 0 Å². The Morgan fingerprint density at radius 3 is 2.43 bits per heavy atom. The number of hydrazine groups is 1. The summed E-state index contributed by atoms with van der Waals surface area (Å²) >= 11 is 0. The van der Waals surface area contributed by atoms with Crippen molar-refractivity contribution in [2.24, 2.45) is 11.8 Å². The molecule has 0 radical (unpaired) electrons. The number of nitrogens with two attached hydrogens (primary N) is 1. The smallest absolute Gasteiger partial charge is 0.0737 e. The quantitative estimate of drug-likeness (QED) is 0.526. The Morgan fingerprint density at radius 1 is 1.36 bits per heavy atom. The Labute approximate surface area is 87.4 Å². The van der Waals surface area contributed by atoms with E-state index in [2.05, 4.69) is 12.3 Å². The molecule has 0 bridgehead atoms. The highest BCUT2D eigenvalue weighted by atomic mass is 16.5. The molecule has 3 nitrogen and oxygen atoms in total. The normalized spacial score (nSPS) is 23.4. The van der Waals surface area contributed by atoms with E-state index in [1.807, 2.05) is 0 Å². The summed E-state index contributed by atoms with van der Waals surface area (Å²) in [6.45, 7) is 2.15. The van der Waals surface area contributed by atoms with E-state index < -0.39 is 0 Å². The Hall–Kier alpha value is -0.120. The van der Waals surface area contributed by atoms with E-state index in [9.17, 15) is 0 Å². The minimum atomic E-state index is 0.267. The first-order valence-electron chi connectivity index (χ1n) is 5.82. The average Bonchev–Trinajstić information content (AvgIpc) is 2.27. The third-order valence-electron chi connectivity index (χ3n) is 3.46. The molecule has 1 rings (SSSR count). The zero-order valence-electron chi connectivity index (χ0n) is 9.46. The van der Waals surface area contributed by atoms with E-state index in [0.29, 0.717) is 12.0 Å². The van der Waals surface area contributed by atoms with Gasteiger partial charge in [0, 0.05) is 7.11 Å². The van der Waals surface area contributed by atoms with Crippen LogP contribution < -0.4 is 11.3 Å². The monoisotopic (exact) mass is 200 g/mol. The maximum atomic E-state index is 5.63. The van der Waals surface area contributed by atoms with Crippen molar-refractivity contribution in [2.75, 3.05) is 7.11 Å². The molecule has 2 unspecified atom stereocenters. The maximum absolute atomic E-state index is 5.63. The van der Waals surface area contributed by atoms with Crippen LogP contribution in [0, 0.1) is 5.92 Å². The van der Waals surface area contributed by atoms with Crippen molar-refractivity contribution < 1.29 is 4.74 Å². The Morgan fingerprint density at radius 2 is 2.00 bits per heavy atom. The van der Waals surface area contributed by atoms with Crippen LogP contribution in [0.1, 0.15) is 45.4 Å². The van der Waals surface area contributed by atoms with Crippen molar-refractivity contribution in [2.45, 2.75) is 57.6 Å². The second-order valence-corrected chi connectivity index (χ2v) is 4.27. The van der Waals surface area contributed by atoms with Crippen LogP contribution >= 0.6 is 0 Å². The van der Waals surface area contributed by atoms with Crippen LogP contribution in [0.4, 0.5) is 0 Å². The molecule has 3 N–H and O–H groups in total. The van der Waals surface area contributed by atoms with Crippen LogP contribution in [0.25, 0.3) is 0 Å². The van der Waals surface area contributed by atoms with E-state index in [1.54, 1.807) is 7.11 Å². The molecule has 1 aliphatic carbocycles. The van der Waals surface area contributed by atoms with E-state index in [0.717, 1.165) is 6.42 Å². The molecule has 3 heteroatoms. The summed E-state index contributed by atoms with van der Waals surface area (Å²) in [5, 5.41) is 0. The predicted molar refractivity (Wildman–Crippen MR) is 58.8 cm³/mol. The highest BCUT2D eigenvalue weighted by molar-refractivity contribution is 4.83. The van der Waals surface area contributed by atoms with Crippen LogP contribution in [0.2, 0.25) is 0 Å². The lowest BCUT2D eigenvalue weighted by Gasteiger charge is -2.34. The zero-order chi connectivity index (χ0) is 10.4. The van der Waals surface area contributed by atoms with E-state index in [4.69, 9.17) is 10.6 Å². The van der Waals surface area contributed by atoms with Gasteiger partial charge in [0.25, 0.3) is 0 Å². The average molecular weight is 200 g/mol. The molecule has 1 fully saturated rings. The molecule has 0 spiro atoms. The summed E-state index contributed by atoms with van der Waals surface area (Å²) in [6, 6.07) is 0.338. The first-order valence-corrected chi connectivity index (χ1v) is 5.82. The van der Waals surface area contributed by atoms with Gasteiger partial charge in [0.15, 0.2) is 0 Å². The summed E-state index contributed by atoms with van der Waals surface area (Å²) < 4.78 is 5.46. The summed E-state index contributed by atoms with van der Waals surface area (Å²) in [5.74, 6) is 6.33. The summed E-state index contributed by atoms with van der Waals surface area (Å²) in [4.78, 5) is 0. The van der Waals surface area contributed by atoms with Crippen molar-refractivity contribution in [3.63, 3.8) is 0 Å². The van der Waals surface area contributed by atoms with Gasteiger partial charge in [-0.3, -0.25) is 11.3 Å². The molecule has 14 heavy (non-hydrogen) atoms. The van der Waals surface area contributed by atoms with Crippen LogP contribution in [0.3, 0.4) is 0 Å². The fraction of sp³-hybridized carbons (Fsp3) is 1.00. The van der Waals surface area contributed by atoms with Crippen molar-refractivity contribution in [1.29, 1.82) is 0 Å². The van der Waals surface area contributed by atoms with E-state index in [1.165, 1.54) is 32.1 Å². The van der Waals surface area contributed by atoms with Crippen LogP contribution in [0.5, 0.6) is 0 Å². The van der Waals surface area contributed by atoms with Crippen molar-refractivity contribution in [1.82, 2.24) is 5.43 Å². The lowest BCUT2D eigenvalue weighted by Crippen LogP contribution is -2.49. The summed E-state index contributed by atoms with van der Waals surface area (Å²) in [7, 11) is 1.78. The minimum Gasteiger partial charge on any atom is -0.380 e. The topological polar surface area (TPSA) is 47.3 Å². The minimum absolute atomic E-state index is 0.267. The summed E-state index contributed by atoms with van der Waals surface area (Å²) in [5.41, 5.74) is 2.95. The fourth-order valence-electron chi connectivity index (χ4n) is 2.61. The Bertz CT molecular complexity index is 142. The Balaban J connectivity index is 2.49. The highest BCUT2D eigenvalue weighted by Crippen LogP contribution is 2.28.